The van der Waals surface area contributed by atoms with Crippen molar-refractivity contribution in [2.45, 2.75) is 37.6 Å². The van der Waals surface area contributed by atoms with Gasteiger partial charge in [0.2, 0.25) is 11.8 Å². The van der Waals surface area contributed by atoms with Gasteiger partial charge in [-0.05, 0) is 37.3 Å². The minimum atomic E-state index is 0.129. The van der Waals surface area contributed by atoms with Gasteiger partial charge in [0.25, 0.3) is 0 Å². The van der Waals surface area contributed by atoms with Crippen molar-refractivity contribution in [3.63, 3.8) is 0 Å². The lowest BCUT2D eigenvalue weighted by Crippen LogP contribution is -2.22. The van der Waals surface area contributed by atoms with Crippen LogP contribution in [0.2, 0.25) is 0 Å². The maximum Gasteiger partial charge on any atom is 0.220 e. The Kier molecular flexibility index (Phi) is 3.23. The fraction of sp³-hybridized carbons (Fsp3) is 0.467. The van der Waals surface area contributed by atoms with Crippen molar-refractivity contribution < 1.29 is 9.53 Å². The van der Waals surface area contributed by atoms with Crippen LogP contribution in [0.25, 0.3) is 6.08 Å². The summed E-state index contributed by atoms with van der Waals surface area (Å²) in [4.78, 5) is 15.6. The van der Waals surface area contributed by atoms with Gasteiger partial charge in [-0.15, -0.1) is 0 Å². The second kappa shape index (κ2) is 5.03. The predicted octanol–water partition coefficient (Wildman–Crippen LogP) is 2.26. The van der Waals surface area contributed by atoms with Crippen LogP contribution in [0.3, 0.4) is 0 Å². The normalized spacial score (nSPS) is 22.8. The number of ether oxygens (including phenoxy) is 1. The molecule has 1 amide bonds. The van der Waals surface area contributed by atoms with Crippen LogP contribution in [-0.2, 0) is 4.79 Å². The summed E-state index contributed by atoms with van der Waals surface area (Å²) in [6.45, 7) is 0. The number of pyridine rings is 1. The molecule has 1 atom stereocenters. The molecular formula is C15H18N2O2. The number of carbonyl (C=O) groups is 1. The highest BCUT2D eigenvalue weighted by atomic mass is 16.5. The molecule has 0 aromatic carbocycles. The third-order valence-electron chi connectivity index (χ3n) is 3.65. The zero-order chi connectivity index (χ0) is 13.2. The minimum Gasteiger partial charge on any atom is -0.481 e. The van der Waals surface area contributed by atoms with E-state index in [2.05, 4.69) is 16.4 Å². The Morgan fingerprint density at radius 1 is 1.37 bits per heavy atom. The van der Waals surface area contributed by atoms with Crippen LogP contribution in [-0.4, -0.2) is 24.0 Å². The molecule has 3 rings (SSSR count). The Morgan fingerprint density at radius 3 is 2.84 bits per heavy atom. The van der Waals surface area contributed by atoms with Gasteiger partial charge < -0.3 is 10.1 Å². The van der Waals surface area contributed by atoms with Gasteiger partial charge in [-0.3, -0.25) is 4.79 Å². The molecule has 1 aliphatic carbocycles. The first kappa shape index (κ1) is 12.2. The third-order valence-corrected chi connectivity index (χ3v) is 3.65. The summed E-state index contributed by atoms with van der Waals surface area (Å²) in [7, 11) is 1.67. The monoisotopic (exact) mass is 258 g/mol. The predicted molar refractivity (Wildman–Crippen MR) is 73.0 cm³/mol. The molecule has 0 unspecified atom stereocenters. The van der Waals surface area contributed by atoms with Crippen LogP contribution in [0, 0.1) is 0 Å². The second-order valence-corrected chi connectivity index (χ2v) is 5.18. The van der Waals surface area contributed by atoms with Crippen LogP contribution in [0.15, 0.2) is 18.2 Å². The summed E-state index contributed by atoms with van der Waals surface area (Å²) in [6, 6.07) is 4.27. The maximum absolute atomic E-state index is 11.1. The first-order valence-corrected chi connectivity index (χ1v) is 6.79. The third kappa shape index (κ3) is 2.78. The summed E-state index contributed by atoms with van der Waals surface area (Å²) in [6.07, 6.45) is 7.92. The van der Waals surface area contributed by atoms with E-state index < -0.39 is 0 Å². The fourth-order valence-electron chi connectivity index (χ4n) is 2.42. The Labute approximate surface area is 112 Å². The molecule has 1 aliphatic heterocycles. The van der Waals surface area contributed by atoms with Crippen molar-refractivity contribution in [2.24, 2.45) is 0 Å². The second-order valence-electron chi connectivity index (χ2n) is 5.18. The number of amides is 1. The molecule has 2 aliphatic rings. The standard InChI is InChI=1S/C15H18N2O2/c1-19-15-13(10-2-3-10)8-6-12(17-15)5-4-11-7-9-14(18)16-11/h4-6,8,10-11H,2-3,7,9H2,1H3,(H,16,18)/b5-4-/t11-/m0/s1. The van der Waals surface area contributed by atoms with E-state index in [0.29, 0.717) is 12.3 Å². The fourth-order valence-corrected chi connectivity index (χ4v) is 2.42. The Morgan fingerprint density at radius 2 is 2.21 bits per heavy atom. The zero-order valence-electron chi connectivity index (χ0n) is 11.1. The number of hydrogen-bond donors (Lipinski definition) is 1. The molecule has 2 heterocycles. The number of carbonyl (C=O) groups excluding carboxylic acids is 1. The van der Waals surface area contributed by atoms with E-state index in [0.717, 1.165) is 18.0 Å². The summed E-state index contributed by atoms with van der Waals surface area (Å²) in [5, 5.41) is 2.91. The number of hydrogen-bond acceptors (Lipinski definition) is 3. The van der Waals surface area contributed by atoms with Crippen molar-refractivity contribution in [2.75, 3.05) is 7.11 Å². The molecule has 0 bridgehead atoms. The van der Waals surface area contributed by atoms with Crippen molar-refractivity contribution in [1.82, 2.24) is 10.3 Å². The summed E-state index contributed by atoms with van der Waals surface area (Å²) in [5.41, 5.74) is 2.09. The van der Waals surface area contributed by atoms with E-state index in [4.69, 9.17) is 4.74 Å². The SMILES string of the molecule is COc1nc(/C=C\[C@H]2CCC(=O)N2)ccc1C1CC1. The lowest BCUT2D eigenvalue weighted by molar-refractivity contribution is -0.119. The molecule has 1 saturated carbocycles. The van der Waals surface area contributed by atoms with Crippen molar-refractivity contribution in [3.8, 4) is 5.88 Å². The van der Waals surface area contributed by atoms with Gasteiger partial charge in [0.15, 0.2) is 0 Å². The maximum atomic E-state index is 11.1. The molecule has 1 saturated heterocycles. The molecule has 19 heavy (non-hydrogen) atoms. The quantitative estimate of drug-likeness (QED) is 0.901. The van der Waals surface area contributed by atoms with E-state index in [1.165, 1.54) is 18.4 Å². The average Bonchev–Trinajstić information content (AvgIpc) is 3.19. The van der Waals surface area contributed by atoms with Crippen molar-refractivity contribution in [1.29, 1.82) is 0 Å². The highest BCUT2D eigenvalue weighted by Gasteiger charge is 2.27. The number of aromatic nitrogens is 1. The van der Waals surface area contributed by atoms with E-state index in [-0.39, 0.29) is 11.9 Å². The summed E-state index contributed by atoms with van der Waals surface area (Å²) < 4.78 is 5.36. The van der Waals surface area contributed by atoms with E-state index in [1.54, 1.807) is 7.11 Å². The molecule has 1 N–H and O–H groups in total. The van der Waals surface area contributed by atoms with Crippen molar-refractivity contribution in [3.05, 3.63) is 29.5 Å². The van der Waals surface area contributed by atoms with Crippen LogP contribution in [0.5, 0.6) is 5.88 Å². The minimum absolute atomic E-state index is 0.129. The molecular weight excluding hydrogens is 240 g/mol. The number of nitrogens with one attached hydrogen (secondary N) is 1. The van der Waals surface area contributed by atoms with Gasteiger partial charge in [-0.25, -0.2) is 4.98 Å². The van der Waals surface area contributed by atoms with Gasteiger partial charge in [-0.2, -0.15) is 0 Å². The van der Waals surface area contributed by atoms with Gasteiger partial charge in [0.05, 0.1) is 12.8 Å². The van der Waals surface area contributed by atoms with Crippen LogP contribution in [0.1, 0.15) is 42.9 Å². The van der Waals surface area contributed by atoms with E-state index in [9.17, 15) is 4.79 Å². The Bertz CT molecular complexity index is 521. The molecule has 4 heteroatoms. The molecule has 0 spiro atoms. The van der Waals surface area contributed by atoms with Crippen LogP contribution >= 0.6 is 0 Å². The van der Waals surface area contributed by atoms with Crippen LogP contribution in [0.4, 0.5) is 0 Å². The first-order chi connectivity index (χ1) is 9.26. The lowest BCUT2D eigenvalue weighted by Gasteiger charge is -2.07. The van der Waals surface area contributed by atoms with E-state index in [1.807, 2.05) is 18.2 Å². The highest BCUT2D eigenvalue weighted by Crippen LogP contribution is 2.43. The first-order valence-electron chi connectivity index (χ1n) is 6.79. The summed E-state index contributed by atoms with van der Waals surface area (Å²) >= 11 is 0. The number of rotatable bonds is 4. The average molecular weight is 258 g/mol. The van der Waals surface area contributed by atoms with Crippen molar-refractivity contribution >= 4 is 12.0 Å². The Hall–Kier alpha value is -1.84. The van der Waals surface area contributed by atoms with Gasteiger partial charge in [0, 0.05) is 18.0 Å². The lowest BCUT2D eigenvalue weighted by atomic mass is 10.1. The van der Waals surface area contributed by atoms with Gasteiger partial charge >= 0.3 is 0 Å². The molecule has 4 nitrogen and oxygen atoms in total. The summed E-state index contributed by atoms with van der Waals surface area (Å²) in [5.74, 6) is 1.50. The number of methoxy groups -OCH3 is 1. The molecule has 1 aromatic heterocycles. The molecule has 2 fully saturated rings. The molecule has 0 radical (unpaired) electrons. The highest BCUT2D eigenvalue weighted by molar-refractivity contribution is 5.79. The molecule has 1 aromatic rings. The zero-order valence-corrected chi connectivity index (χ0v) is 11.1. The topological polar surface area (TPSA) is 51.2 Å². The smallest absolute Gasteiger partial charge is 0.220 e. The Balaban J connectivity index is 1.74. The largest absolute Gasteiger partial charge is 0.481 e. The number of nitrogens with zero attached hydrogens (tertiary/aromatic N) is 1. The van der Waals surface area contributed by atoms with Gasteiger partial charge in [-0.1, -0.05) is 12.1 Å². The molecule has 100 valence electrons. The van der Waals surface area contributed by atoms with Crippen LogP contribution < -0.4 is 10.1 Å². The van der Waals surface area contributed by atoms with E-state index >= 15 is 0 Å². The van der Waals surface area contributed by atoms with Gasteiger partial charge in [0.1, 0.15) is 0 Å².